The van der Waals surface area contributed by atoms with Gasteiger partial charge in [0.25, 0.3) is 5.91 Å². The summed E-state index contributed by atoms with van der Waals surface area (Å²) >= 11 is 11.8. The molecule has 3 rings (SSSR count). The van der Waals surface area contributed by atoms with Crippen molar-refractivity contribution < 1.29 is 4.79 Å². The van der Waals surface area contributed by atoms with E-state index in [1.807, 2.05) is 6.07 Å². The number of piperidine rings is 1. The summed E-state index contributed by atoms with van der Waals surface area (Å²) < 4.78 is 0. The summed E-state index contributed by atoms with van der Waals surface area (Å²) in [4.78, 5) is 14.4. The molecule has 1 amide bonds. The van der Waals surface area contributed by atoms with Gasteiger partial charge in [-0.2, -0.15) is 0 Å². The third-order valence-electron chi connectivity index (χ3n) is 4.18. The van der Waals surface area contributed by atoms with Crippen molar-refractivity contribution in [3.63, 3.8) is 0 Å². The summed E-state index contributed by atoms with van der Waals surface area (Å²) in [7, 11) is 0. The van der Waals surface area contributed by atoms with Crippen molar-refractivity contribution in [2.75, 3.05) is 23.3 Å². The Balaban J connectivity index is 1.65. The Bertz CT molecular complexity index is 728. The van der Waals surface area contributed by atoms with Gasteiger partial charge in [-0.15, -0.1) is 10.2 Å². The Morgan fingerprint density at radius 3 is 2.50 bits per heavy atom. The van der Waals surface area contributed by atoms with Crippen LogP contribution in [0.25, 0.3) is 0 Å². The molecule has 0 saturated carbocycles. The Hall–Kier alpha value is -1.85. The molecule has 2 aromatic rings. The second-order valence-electron chi connectivity index (χ2n) is 6.03. The molecule has 1 N–H and O–H groups in total. The molecule has 0 spiro atoms. The maximum atomic E-state index is 12.2. The van der Waals surface area contributed by atoms with Gasteiger partial charge in [-0.3, -0.25) is 4.79 Å². The molecule has 0 aliphatic carbocycles. The number of nitrogens with one attached hydrogen (secondary N) is 1. The number of halogens is 2. The van der Waals surface area contributed by atoms with Crippen LogP contribution in [0.5, 0.6) is 0 Å². The summed E-state index contributed by atoms with van der Waals surface area (Å²) in [5.74, 6) is 1.70. The standard InChI is InChI=1S/C17H18Cl2N4O/c1-11-6-8-23(9-7-11)16-5-4-15(21-22-16)20-17(24)12-2-3-13(18)14(19)10-12/h2-5,10-11H,6-9H2,1H3,(H,20,21,24). The lowest BCUT2D eigenvalue weighted by molar-refractivity contribution is 0.102. The van der Waals surface area contributed by atoms with Crippen LogP contribution in [0.3, 0.4) is 0 Å². The first-order valence-corrected chi connectivity index (χ1v) is 8.63. The molecule has 126 valence electrons. The van der Waals surface area contributed by atoms with Crippen LogP contribution >= 0.6 is 23.2 Å². The maximum Gasteiger partial charge on any atom is 0.256 e. The van der Waals surface area contributed by atoms with Crippen molar-refractivity contribution in [2.45, 2.75) is 19.8 Å². The fourth-order valence-corrected chi connectivity index (χ4v) is 2.92. The number of carbonyl (C=O) groups is 1. The molecular formula is C17H18Cl2N4O. The van der Waals surface area contributed by atoms with Gasteiger partial charge in [0.1, 0.15) is 0 Å². The van der Waals surface area contributed by atoms with E-state index in [2.05, 4.69) is 27.3 Å². The molecular weight excluding hydrogens is 347 g/mol. The molecule has 1 saturated heterocycles. The third kappa shape index (κ3) is 3.97. The minimum Gasteiger partial charge on any atom is -0.355 e. The van der Waals surface area contributed by atoms with Crippen LogP contribution in [0.2, 0.25) is 10.0 Å². The zero-order chi connectivity index (χ0) is 17.1. The molecule has 1 aromatic carbocycles. The number of hydrogen-bond acceptors (Lipinski definition) is 4. The number of amides is 1. The first-order valence-electron chi connectivity index (χ1n) is 7.88. The summed E-state index contributed by atoms with van der Waals surface area (Å²) in [5, 5.41) is 11.8. The van der Waals surface area contributed by atoms with Gasteiger partial charge in [0.2, 0.25) is 0 Å². The van der Waals surface area contributed by atoms with E-state index in [1.165, 1.54) is 6.07 Å². The summed E-state index contributed by atoms with van der Waals surface area (Å²) in [6.07, 6.45) is 2.33. The highest BCUT2D eigenvalue weighted by atomic mass is 35.5. The van der Waals surface area contributed by atoms with Crippen LogP contribution in [0, 0.1) is 5.92 Å². The molecule has 7 heteroatoms. The van der Waals surface area contributed by atoms with Gasteiger partial charge in [0.05, 0.1) is 10.0 Å². The minimum absolute atomic E-state index is 0.303. The first-order chi connectivity index (χ1) is 11.5. The highest BCUT2D eigenvalue weighted by molar-refractivity contribution is 6.42. The van der Waals surface area contributed by atoms with E-state index in [0.717, 1.165) is 37.7 Å². The van der Waals surface area contributed by atoms with Crippen LogP contribution in [0.4, 0.5) is 11.6 Å². The number of benzene rings is 1. The predicted molar refractivity (Wildman–Crippen MR) is 97.1 cm³/mol. The maximum absolute atomic E-state index is 12.2. The fourth-order valence-electron chi connectivity index (χ4n) is 2.62. The summed E-state index contributed by atoms with van der Waals surface area (Å²) in [6, 6.07) is 8.37. The Morgan fingerprint density at radius 2 is 1.88 bits per heavy atom. The van der Waals surface area contributed by atoms with E-state index >= 15 is 0 Å². The van der Waals surface area contributed by atoms with Crippen LogP contribution in [-0.4, -0.2) is 29.2 Å². The molecule has 2 heterocycles. The number of aromatic nitrogens is 2. The number of carbonyl (C=O) groups excluding carboxylic acids is 1. The second-order valence-corrected chi connectivity index (χ2v) is 6.84. The first kappa shape index (κ1) is 17.0. The smallest absolute Gasteiger partial charge is 0.256 e. The second kappa shape index (κ2) is 7.36. The topological polar surface area (TPSA) is 58.1 Å². The van der Waals surface area contributed by atoms with E-state index < -0.39 is 0 Å². The number of rotatable bonds is 3. The highest BCUT2D eigenvalue weighted by Gasteiger charge is 2.17. The van der Waals surface area contributed by atoms with Crippen LogP contribution in [0.15, 0.2) is 30.3 Å². The minimum atomic E-state index is -0.303. The third-order valence-corrected chi connectivity index (χ3v) is 4.92. The highest BCUT2D eigenvalue weighted by Crippen LogP contribution is 2.24. The van der Waals surface area contributed by atoms with Crippen LogP contribution < -0.4 is 10.2 Å². The van der Waals surface area contributed by atoms with E-state index in [4.69, 9.17) is 23.2 Å². The number of hydrogen-bond donors (Lipinski definition) is 1. The molecule has 1 aliphatic rings. The predicted octanol–water partition coefficient (Wildman–Crippen LogP) is 4.27. The van der Waals surface area contributed by atoms with Gasteiger partial charge in [-0.25, -0.2) is 0 Å². The largest absolute Gasteiger partial charge is 0.355 e. The van der Waals surface area contributed by atoms with Crippen LogP contribution in [0.1, 0.15) is 30.1 Å². The number of nitrogens with zero attached hydrogens (tertiary/aromatic N) is 3. The normalized spacial score (nSPS) is 15.4. The SMILES string of the molecule is CC1CCN(c2ccc(NC(=O)c3ccc(Cl)c(Cl)c3)nn2)CC1. The van der Waals surface area contributed by atoms with Crippen molar-refractivity contribution in [1.29, 1.82) is 0 Å². The lowest BCUT2D eigenvalue weighted by Crippen LogP contribution is -2.33. The Kier molecular flexibility index (Phi) is 5.21. The molecule has 5 nitrogen and oxygen atoms in total. The van der Waals surface area contributed by atoms with Crippen molar-refractivity contribution in [3.8, 4) is 0 Å². The van der Waals surface area contributed by atoms with E-state index in [-0.39, 0.29) is 5.91 Å². The van der Waals surface area contributed by atoms with Gasteiger partial charge in [0.15, 0.2) is 11.6 Å². The monoisotopic (exact) mass is 364 g/mol. The zero-order valence-corrected chi connectivity index (χ0v) is 14.8. The van der Waals surface area contributed by atoms with Crippen LogP contribution in [-0.2, 0) is 0 Å². The summed E-state index contributed by atoms with van der Waals surface area (Å²) in [6.45, 7) is 4.25. The van der Waals surface area contributed by atoms with Gasteiger partial charge in [-0.05, 0) is 49.1 Å². The molecule has 0 bridgehead atoms. The van der Waals surface area contributed by atoms with Crippen molar-refractivity contribution in [1.82, 2.24) is 10.2 Å². The zero-order valence-electron chi connectivity index (χ0n) is 13.3. The van der Waals surface area contributed by atoms with E-state index in [9.17, 15) is 4.79 Å². The molecule has 0 unspecified atom stereocenters. The van der Waals surface area contributed by atoms with Crippen molar-refractivity contribution in [2.24, 2.45) is 5.92 Å². The summed E-state index contributed by atoms with van der Waals surface area (Å²) in [5.41, 5.74) is 0.417. The lowest BCUT2D eigenvalue weighted by Gasteiger charge is -2.30. The van der Waals surface area contributed by atoms with Gasteiger partial charge in [-0.1, -0.05) is 30.1 Å². The van der Waals surface area contributed by atoms with E-state index in [0.29, 0.717) is 21.4 Å². The van der Waals surface area contributed by atoms with Crippen molar-refractivity contribution in [3.05, 3.63) is 45.9 Å². The van der Waals surface area contributed by atoms with Gasteiger partial charge < -0.3 is 10.2 Å². The molecule has 1 aromatic heterocycles. The van der Waals surface area contributed by atoms with E-state index in [1.54, 1.807) is 18.2 Å². The molecule has 0 radical (unpaired) electrons. The molecule has 1 aliphatic heterocycles. The van der Waals surface area contributed by atoms with Gasteiger partial charge >= 0.3 is 0 Å². The average Bonchev–Trinajstić information content (AvgIpc) is 2.59. The molecule has 1 fully saturated rings. The number of anilines is 2. The Morgan fingerprint density at radius 1 is 1.12 bits per heavy atom. The molecule has 24 heavy (non-hydrogen) atoms. The van der Waals surface area contributed by atoms with Crippen molar-refractivity contribution >= 4 is 40.7 Å². The molecule has 0 atom stereocenters. The average molecular weight is 365 g/mol. The van der Waals surface area contributed by atoms with Gasteiger partial charge in [0, 0.05) is 18.7 Å². The lowest BCUT2D eigenvalue weighted by atomic mass is 9.99. The fraction of sp³-hybridized carbons (Fsp3) is 0.353. The Labute approximate surface area is 151 Å². The quantitative estimate of drug-likeness (QED) is 0.883.